The Kier molecular flexibility index (Phi) is 7.07. The minimum absolute atomic E-state index is 0.261. The van der Waals surface area contributed by atoms with E-state index in [-0.39, 0.29) is 5.82 Å². The molecule has 0 radical (unpaired) electrons. The topological polar surface area (TPSA) is 42.1 Å². The molecule has 37 heavy (non-hydrogen) atoms. The lowest BCUT2D eigenvalue weighted by atomic mass is 9.99. The van der Waals surface area contributed by atoms with Crippen molar-refractivity contribution in [3.05, 3.63) is 77.6 Å². The van der Waals surface area contributed by atoms with Crippen LogP contribution < -0.4 is 0 Å². The number of imidazole rings is 1. The summed E-state index contributed by atoms with van der Waals surface area (Å²) in [5, 5.41) is 4.45. The van der Waals surface area contributed by atoms with E-state index in [4.69, 9.17) is 4.98 Å². The Bertz CT molecular complexity index is 1340. The highest BCUT2D eigenvalue weighted by Gasteiger charge is 2.25. The summed E-state index contributed by atoms with van der Waals surface area (Å²) < 4.78 is 17.9. The van der Waals surface area contributed by atoms with E-state index in [1.807, 2.05) is 12.1 Å². The first-order valence-corrected chi connectivity index (χ1v) is 13.9. The van der Waals surface area contributed by atoms with Gasteiger partial charge in [-0.05, 0) is 101 Å². The molecule has 0 saturated carbocycles. The Morgan fingerprint density at radius 2 is 1.78 bits per heavy atom. The maximum absolute atomic E-state index is 13.8. The number of halogens is 1. The summed E-state index contributed by atoms with van der Waals surface area (Å²) in [6.45, 7) is 8.96. The summed E-state index contributed by atoms with van der Waals surface area (Å²) in [6, 6.07) is 16.1. The number of likely N-dealkylation sites (tertiary alicyclic amines) is 2. The third-order valence-corrected chi connectivity index (χ3v) is 8.19. The van der Waals surface area contributed by atoms with Gasteiger partial charge in [0.05, 0.1) is 22.4 Å². The molecular formula is C30H37FN6. The molecule has 0 aliphatic carbocycles. The minimum atomic E-state index is -0.261. The van der Waals surface area contributed by atoms with Crippen molar-refractivity contribution in [1.82, 2.24) is 29.1 Å². The van der Waals surface area contributed by atoms with Gasteiger partial charge in [-0.25, -0.2) is 14.1 Å². The van der Waals surface area contributed by atoms with Crippen molar-refractivity contribution in [3.8, 4) is 5.69 Å². The molecule has 0 unspecified atom stereocenters. The van der Waals surface area contributed by atoms with E-state index in [1.54, 1.807) is 16.9 Å². The fraction of sp³-hybridized carbons (Fsp3) is 0.467. The monoisotopic (exact) mass is 500 g/mol. The van der Waals surface area contributed by atoms with Gasteiger partial charge in [0.25, 0.3) is 0 Å². The van der Waals surface area contributed by atoms with Crippen LogP contribution in [0.3, 0.4) is 0 Å². The summed E-state index contributed by atoms with van der Waals surface area (Å²) in [4.78, 5) is 10.4. The van der Waals surface area contributed by atoms with Crippen molar-refractivity contribution in [2.45, 2.75) is 64.6 Å². The van der Waals surface area contributed by atoms with E-state index < -0.39 is 0 Å². The fourth-order valence-electron chi connectivity index (χ4n) is 6.26. The van der Waals surface area contributed by atoms with Gasteiger partial charge in [0, 0.05) is 31.7 Å². The number of hydrogen-bond donors (Lipinski definition) is 0. The van der Waals surface area contributed by atoms with Gasteiger partial charge in [-0.15, -0.1) is 0 Å². The van der Waals surface area contributed by atoms with Crippen molar-refractivity contribution in [3.63, 3.8) is 0 Å². The Labute approximate surface area is 218 Å². The Hall–Kier alpha value is -3.03. The Morgan fingerprint density at radius 1 is 0.946 bits per heavy atom. The van der Waals surface area contributed by atoms with E-state index in [2.05, 4.69) is 44.6 Å². The quantitative estimate of drug-likeness (QED) is 0.340. The van der Waals surface area contributed by atoms with Gasteiger partial charge in [-0.2, -0.15) is 5.10 Å². The predicted molar refractivity (Wildman–Crippen MR) is 145 cm³/mol. The smallest absolute Gasteiger partial charge is 0.125 e. The third-order valence-electron chi connectivity index (χ3n) is 8.19. The lowest BCUT2D eigenvalue weighted by molar-refractivity contribution is 0.0897. The minimum Gasteiger partial charge on any atom is -0.328 e. The molecule has 0 spiro atoms. The molecule has 7 heteroatoms. The average Bonchev–Trinajstić information content (AvgIpc) is 3.53. The standard InChI is InChI=1S/C30H37FN6/c1-2-36-29-10-9-23(22-34-17-12-25(13-18-34)35-15-4-3-5-16-35)19-28(29)33-30(36)21-27-11-14-32-37(27)26-8-6-7-24(31)20-26/h6-11,14,19-20,25H,2-5,12-13,15-18,21-22H2,1H3. The van der Waals surface area contributed by atoms with Crippen molar-refractivity contribution >= 4 is 11.0 Å². The number of rotatable bonds is 7. The van der Waals surface area contributed by atoms with Crippen LogP contribution >= 0.6 is 0 Å². The molecule has 2 aliphatic heterocycles. The van der Waals surface area contributed by atoms with Crippen molar-refractivity contribution in [2.24, 2.45) is 0 Å². The number of benzene rings is 2. The Morgan fingerprint density at radius 3 is 2.57 bits per heavy atom. The number of hydrogen-bond acceptors (Lipinski definition) is 4. The number of fused-ring (bicyclic) bond motifs is 1. The molecule has 6 rings (SSSR count). The predicted octanol–water partition coefficient (Wildman–Crippen LogP) is 5.42. The van der Waals surface area contributed by atoms with Crippen molar-refractivity contribution in [1.29, 1.82) is 0 Å². The van der Waals surface area contributed by atoms with E-state index in [0.29, 0.717) is 6.42 Å². The lowest BCUT2D eigenvalue weighted by Crippen LogP contribution is -2.46. The summed E-state index contributed by atoms with van der Waals surface area (Å²) in [5.41, 5.74) is 5.27. The maximum atomic E-state index is 13.8. The molecule has 0 atom stereocenters. The van der Waals surface area contributed by atoms with Crippen LogP contribution in [-0.2, 0) is 19.5 Å². The molecule has 2 aromatic carbocycles. The number of piperidine rings is 2. The number of aryl methyl sites for hydroxylation is 1. The molecule has 2 aliphatic rings. The highest BCUT2D eigenvalue weighted by molar-refractivity contribution is 5.77. The molecule has 2 saturated heterocycles. The molecule has 2 aromatic heterocycles. The van der Waals surface area contributed by atoms with Crippen LogP contribution in [0, 0.1) is 5.82 Å². The van der Waals surface area contributed by atoms with Crippen molar-refractivity contribution in [2.75, 3.05) is 26.2 Å². The molecule has 4 heterocycles. The molecule has 0 amide bonds. The molecule has 6 nitrogen and oxygen atoms in total. The van der Waals surface area contributed by atoms with Crippen LogP contribution in [0.15, 0.2) is 54.7 Å². The normalized spacial score (nSPS) is 18.1. The van der Waals surface area contributed by atoms with Crippen LogP contribution in [0.2, 0.25) is 0 Å². The van der Waals surface area contributed by atoms with Crippen LogP contribution in [0.5, 0.6) is 0 Å². The van der Waals surface area contributed by atoms with Crippen molar-refractivity contribution < 1.29 is 4.39 Å². The second-order valence-electron chi connectivity index (χ2n) is 10.6. The molecular weight excluding hydrogens is 463 g/mol. The average molecular weight is 501 g/mol. The highest BCUT2D eigenvalue weighted by atomic mass is 19.1. The second kappa shape index (κ2) is 10.8. The maximum Gasteiger partial charge on any atom is 0.125 e. The molecule has 4 aromatic rings. The van der Waals surface area contributed by atoms with Gasteiger partial charge in [-0.1, -0.05) is 18.6 Å². The van der Waals surface area contributed by atoms with E-state index in [1.165, 1.54) is 81.5 Å². The molecule has 0 bridgehead atoms. The zero-order chi connectivity index (χ0) is 25.2. The first-order valence-electron chi connectivity index (χ1n) is 13.9. The zero-order valence-corrected chi connectivity index (χ0v) is 21.8. The first kappa shape index (κ1) is 24.3. The largest absolute Gasteiger partial charge is 0.328 e. The Balaban J connectivity index is 1.17. The lowest BCUT2D eigenvalue weighted by Gasteiger charge is -2.40. The molecule has 0 N–H and O–H groups in total. The van der Waals surface area contributed by atoms with E-state index in [9.17, 15) is 4.39 Å². The molecule has 2 fully saturated rings. The van der Waals surface area contributed by atoms with Gasteiger partial charge in [-0.3, -0.25) is 4.90 Å². The fourth-order valence-corrected chi connectivity index (χ4v) is 6.26. The zero-order valence-electron chi connectivity index (χ0n) is 21.8. The third kappa shape index (κ3) is 5.20. The number of nitrogens with zero attached hydrogens (tertiary/aromatic N) is 6. The van der Waals surface area contributed by atoms with Gasteiger partial charge < -0.3 is 9.47 Å². The van der Waals surface area contributed by atoms with Gasteiger partial charge in [0.15, 0.2) is 0 Å². The van der Waals surface area contributed by atoms with Gasteiger partial charge in [0.2, 0.25) is 0 Å². The van der Waals surface area contributed by atoms with Crippen LogP contribution in [0.1, 0.15) is 56.1 Å². The molecule has 194 valence electrons. The van der Waals surface area contributed by atoms with Gasteiger partial charge >= 0.3 is 0 Å². The second-order valence-corrected chi connectivity index (χ2v) is 10.6. The summed E-state index contributed by atoms with van der Waals surface area (Å²) in [5.74, 6) is 0.748. The highest BCUT2D eigenvalue weighted by Crippen LogP contribution is 2.25. The summed E-state index contributed by atoms with van der Waals surface area (Å²) in [7, 11) is 0. The van der Waals surface area contributed by atoms with Crippen LogP contribution in [-0.4, -0.2) is 61.4 Å². The first-order chi connectivity index (χ1) is 18.2. The number of aromatic nitrogens is 4. The summed E-state index contributed by atoms with van der Waals surface area (Å²) in [6.07, 6.45) is 9.14. The van der Waals surface area contributed by atoms with Crippen LogP contribution in [0.4, 0.5) is 4.39 Å². The van der Waals surface area contributed by atoms with E-state index in [0.717, 1.165) is 41.9 Å². The van der Waals surface area contributed by atoms with E-state index >= 15 is 0 Å². The SMILES string of the molecule is CCn1c(Cc2ccnn2-c2cccc(F)c2)nc2cc(CN3CCC(N4CCCCC4)CC3)ccc21. The summed E-state index contributed by atoms with van der Waals surface area (Å²) >= 11 is 0. The van der Waals surface area contributed by atoms with Gasteiger partial charge in [0.1, 0.15) is 11.6 Å². The van der Waals surface area contributed by atoms with Crippen LogP contribution in [0.25, 0.3) is 16.7 Å².